The van der Waals surface area contributed by atoms with Crippen LogP contribution in [-0.2, 0) is 4.79 Å². The van der Waals surface area contributed by atoms with Crippen LogP contribution in [-0.4, -0.2) is 25.3 Å². The molecule has 0 heterocycles. The molecule has 1 N–H and O–H groups in total. The van der Waals surface area contributed by atoms with Crippen LogP contribution in [0.4, 0.5) is 8.78 Å². The van der Waals surface area contributed by atoms with Crippen molar-refractivity contribution < 1.29 is 23.0 Å². The first-order valence-electron chi connectivity index (χ1n) is 7.06. The van der Waals surface area contributed by atoms with Gasteiger partial charge in [-0.15, -0.1) is 0 Å². The van der Waals surface area contributed by atoms with Gasteiger partial charge >= 0.3 is 0 Å². The van der Waals surface area contributed by atoms with Gasteiger partial charge in [0.15, 0.2) is 18.1 Å². The van der Waals surface area contributed by atoms with E-state index in [1.807, 2.05) is 0 Å². The van der Waals surface area contributed by atoms with Gasteiger partial charge in [0, 0.05) is 0 Å². The Balaban J connectivity index is 1.97. The molecular weight excluding hydrogens is 318 g/mol. The number of amides is 1. The number of hydrogen-bond donors (Lipinski definition) is 1. The molecule has 0 saturated heterocycles. The molecule has 0 aliphatic rings. The third-order valence-corrected chi connectivity index (χ3v) is 3.10. The molecule has 2 aromatic rings. The number of hydrazone groups is 1. The molecule has 0 saturated carbocycles. The molecule has 0 fully saturated rings. The summed E-state index contributed by atoms with van der Waals surface area (Å²) in [6.45, 7) is 1.07. The number of carbonyl (C=O) groups is 1. The molecule has 0 aliphatic carbocycles. The van der Waals surface area contributed by atoms with E-state index in [0.29, 0.717) is 11.5 Å². The van der Waals surface area contributed by atoms with Gasteiger partial charge in [0.25, 0.3) is 5.91 Å². The number of nitrogens with one attached hydrogen (secondary N) is 1. The fourth-order valence-electron chi connectivity index (χ4n) is 1.96. The lowest BCUT2D eigenvalue weighted by Crippen LogP contribution is -2.26. The summed E-state index contributed by atoms with van der Waals surface area (Å²) in [6, 6.07) is 10.3. The zero-order valence-electron chi connectivity index (χ0n) is 13.2. The van der Waals surface area contributed by atoms with Crippen molar-refractivity contribution >= 4 is 11.6 Å². The van der Waals surface area contributed by atoms with E-state index in [-0.39, 0.29) is 17.9 Å². The van der Waals surface area contributed by atoms with Crippen LogP contribution in [0.5, 0.6) is 11.5 Å². The minimum atomic E-state index is -0.754. The Morgan fingerprint density at radius 1 is 1.08 bits per heavy atom. The predicted octanol–water partition coefficient (Wildman–Crippen LogP) is 2.89. The minimum Gasteiger partial charge on any atom is -0.493 e. The van der Waals surface area contributed by atoms with Gasteiger partial charge in [0.2, 0.25) is 0 Å². The number of carbonyl (C=O) groups excluding carboxylic acids is 1. The first kappa shape index (κ1) is 17.4. The number of ether oxygens (including phenoxy) is 2. The fourth-order valence-corrected chi connectivity index (χ4v) is 1.96. The summed E-state index contributed by atoms with van der Waals surface area (Å²) in [6.07, 6.45) is 0. The van der Waals surface area contributed by atoms with E-state index in [9.17, 15) is 13.6 Å². The first-order valence-corrected chi connectivity index (χ1v) is 7.06. The molecule has 126 valence electrons. The molecule has 0 bridgehead atoms. The summed E-state index contributed by atoms with van der Waals surface area (Å²) in [5.74, 6) is -1.20. The van der Waals surface area contributed by atoms with Gasteiger partial charge in [0.1, 0.15) is 11.6 Å². The van der Waals surface area contributed by atoms with E-state index in [1.54, 1.807) is 24.3 Å². The molecule has 2 rings (SSSR count). The van der Waals surface area contributed by atoms with Crippen molar-refractivity contribution in [1.82, 2.24) is 5.43 Å². The van der Waals surface area contributed by atoms with Gasteiger partial charge in [-0.05, 0) is 31.2 Å². The summed E-state index contributed by atoms with van der Waals surface area (Å²) in [5.41, 5.74) is 1.91. The van der Waals surface area contributed by atoms with Crippen molar-refractivity contribution in [1.29, 1.82) is 0 Å². The monoisotopic (exact) mass is 334 g/mol. The topological polar surface area (TPSA) is 59.9 Å². The zero-order valence-corrected chi connectivity index (χ0v) is 13.2. The summed E-state index contributed by atoms with van der Waals surface area (Å²) in [5, 5.41) is 3.70. The van der Waals surface area contributed by atoms with Gasteiger partial charge in [0.05, 0.1) is 18.4 Å². The number of benzene rings is 2. The number of halogens is 2. The fraction of sp³-hybridized carbons (Fsp3) is 0.176. The molecule has 24 heavy (non-hydrogen) atoms. The Morgan fingerprint density at radius 2 is 1.71 bits per heavy atom. The highest BCUT2D eigenvalue weighted by Crippen LogP contribution is 2.25. The molecule has 2 aromatic carbocycles. The number of hydrogen-bond acceptors (Lipinski definition) is 4. The smallest absolute Gasteiger partial charge is 0.277 e. The first-order chi connectivity index (χ1) is 11.5. The molecule has 0 unspecified atom stereocenters. The van der Waals surface area contributed by atoms with Crippen LogP contribution in [0.25, 0.3) is 0 Å². The lowest BCUT2D eigenvalue weighted by atomic mass is 10.1. The van der Waals surface area contributed by atoms with Gasteiger partial charge in [-0.25, -0.2) is 14.2 Å². The predicted molar refractivity (Wildman–Crippen MR) is 85.2 cm³/mol. The molecule has 5 nitrogen and oxygen atoms in total. The van der Waals surface area contributed by atoms with Gasteiger partial charge < -0.3 is 9.47 Å². The van der Waals surface area contributed by atoms with E-state index in [4.69, 9.17) is 9.47 Å². The molecule has 1 amide bonds. The number of rotatable bonds is 6. The van der Waals surface area contributed by atoms with Crippen LogP contribution in [0, 0.1) is 11.6 Å². The molecule has 0 radical (unpaired) electrons. The van der Waals surface area contributed by atoms with E-state index in [1.165, 1.54) is 20.1 Å². The Kier molecular flexibility index (Phi) is 5.83. The molecular formula is C17H16F2N2O3. The van der Waals surface area contributed by atoms with Crippen molar-refractivity contribution in [3.05, 3.63) is 59.7 Å². The third-order valence-electron chi connectivity index (χ3n) is 3.10. The quantitative estimate of drug-likeness (QED) is 0.653. The lowest BCUT2D eigenvalue weighted by Gasteiger charge is -2.09. The van der Waals surface area contributed by atoms with Crippen molar-refractivity contribution in [2.24, 2.45) is 5.10 Å². The van der Waals surface area contributed by atoms with E-state index in [0.717, 1.165) is 12.1 Å². The summed E-state index contributed by atoms with van der Waals surface area (Å²) in [4.78, 5) is 11.8. The summed E-state index contributed by atoms with van der Waals surface area (Å²) in [7, 11) is 1.48. The molecule has 0 atom stereocenters. The van der Waals surface area contributed by atoms with Crippen molar-refractivity contribution in [2.75, 3.05) is 13.7 Å². The van der Waals surface area contributed by atoms with E-state index >= 15 is 0 Å². The second-order valence-corrected chi connectivity index (χ2v) is 4.77. The summed E-state index contributed by atoms with van der Waals surface area (Å²) >= 11 is 0. The number of para-hydroxylation sites is 2. The number of methoxy groups -OCH3 is 1. The normalized spacial score (nSPS) is 11.1. The maximum absolute atomic E-state index is 13.6. The SMILES string of the molecule is COc1ccccc1OCC(=O)N/N=C(\C)c1c(F)cccc1F. The zero-order chi connectivity index (χ0) is 17.5. The lowest BCUT2D eigenvalue weighted by molar-refractivity contribution is -0.123. The van der Waals surface area contributed by atoms with Gasteiger partial charge in [-0.2, -0.15) is 5.10 Å². The minimum absolute atomic E-state index is 0.0104. The highest BCUT2D eigenvalue weighted by molar-refractivity contribution is 5.99. The Hall–Kier alpha value is -2.96. The van der Waals surface area contributed by atoms with E-state index < -0.39 is 17.5 Å². The van der Waals surface area contributed by atoms with Crippen molar-refractivity contribution in [3.8, 4) is 11.5 Å². The Bertz CT molecular complexity index is 743. The Labute approximate surface area is 137 Å². The van der Waals surface area contributed by atoms with E-state index in [2.05, 4.69) is 10.5 Å². The summed E-state index contributed by atoms with van der Waals surface area (Å²) < 4.78 is 37.6. The second-order valence-electron chi connectivity index (χ2n) is 4.77. The standard InChI is InChI=1S/C17H16F2N2O3/c1-11(17-12(18)6-5-7-13(17)19)20-21-16(22)10-24-15-9-4-3-8-14(15)23-2/h3-9H,10H2,1-2H3,(H,21,22)/b20-11+. The average molecular weight is 334 g/mol. The molecule has 0 aromatic heterocycles. The highest BCUT2D eigenvalue weighted by atomic mass is 19.1. The van der Waals surface area contributed by atoms with Crippen LogP contribution in [0.1, 0.15) is 12.5 Å². The van der Waals surface area contributed by atoms with Crippen molar-refractivity contribution in [2.45, 2.75) is 6.92 Å². The van der Waals surface area contributed by atoms with Crippen LogP contribution in [0.3, 0.4) is 0 Å². The Morgan fingerprint density at radius 3 is 2.33 bits per heavy atom. The largest absolute Gasteiger partial charge is 0.493 e. The van der Waals surface area contributed by atoms with Crippen LogP contribution in [0.15, 0.2) is 47.6 Å². The second kappa shape index (κ2) is 8.05. The molecule has 0 spiro atoms. The average Bonchev–Trinajstić information content (AvgIpc) is 2.58. The van der Waals surface area contributed by atoms with Crippen molar-refractivity contribution in [3.63, 3.8) is 0 Å². The van der Waals surface area contributed by atoms with Gasteiger partial charge in [-0.1, -0.05) is 18.2 Å². The third kappa shape index (κ3) is 4.28. The maximum Gasteiger partial charge on any atom is 0.277 e. The van der Waals surface area contributed by atoms with Crippen LogP contribution < -0.4 is 14.9 Å². The van der Waals surface area contributed by atoms with Crippen LogP contribution in [0.2, 0.25) is 0 Å². The molecule has 7 heteroatoms. The molecule has 0 aliphatic heterocycles. The van der Waals surface area contributed by atoms with Gasteiger partial charge in [-0.3, -0.25) is 4.79 Å². The maximum atomic E-state index is 13.6. The number of nitrogens with zero attached hydrogens (tertiary/aromatic N) is 1. The highest BCUT2D eigenvalue weighted by Gasteiger charge is 2.12. The van der Waals surface area contributed by atoms with Crippen LogP contribution >= 0.6 is 0 Å².